The number of rotatable bonds is 5. The first-order valence-corrected chi connectivity index (χ1v) is 11.0. The van der Waals surface area contributed by atoms with Crippen LogP contribution in [0.3, 0.4) is 0 Å². The second-order valence-electron chi connectivity index (χ2n) is 8.70. The average Bonchev–Trinajstić information content (AvgIpc) is 3.06. The van der Waals surface area contributed by atoms with E-state index in [1.54, 1.807) is 6.92 Å². The Morgan fingerprint density at radius 3 is 2.48 bits per heavy atom. The molecule has 1 aromatic heterocycles. The van der Waals surface area contributed by atoms with Gasteiger partial charge in [0.1, 0.15) is 5.78 Å². The lowest BCUT2D eigenvalue weighted by atomic mass is 9.81. The van der Waals surface area contributed by atoms with E-state index < -0.39 is 0 Å². The van der Waals surface area contributed by atoms with E-state index in [9.17, 15) is 9.59 Å². The summed E-state index contributed by atoms with van der Waals surface area (Å²) in [4.78, 5) is 24.5. The molecule has 4 rings (SSSR count). The third kappa shape index (κ3) is 3.97. The number of ketones is 1. The zero-order chi connectivity index (χ0) is 22.1. The van der Waals surface area contributed by atoms with Gasteiger partial charge in [-0.1, -0.05) is 37.5 Å². The van der Waals surface area contributed by atoms with Crippen molar-refractivity contribution in [3.05, 3.63) is 53.1 Å². The Kier molecular flexibility index (Phi) is 5.86. The van der Waals surface area contributed by atoms with E-state index in [2.05, 4.69) is 16.7 Å². The SMILES string of the molecule is COC(=O)c1ccc2c(C3CCCCC3)c(-c3ccc(C)cc3N)n(CC(C)=O)c2c1. The largest absolute Gasteiger partial charge is 0.465 e. The summed E-state index contributed by atoms with van der Waals surface area (Å²) in [6, 6.07) is 11.8. The fourth-order valence-electron chi connectivity index (χ4n) is 5.00. The monoisotopic (exact) mass is 418 g/mol. The van der Waals surface area contributed by atoms with Crippen molar-refractivity contribution < 1.29 is 14.3 Å². The van der Waals surface area contributed by atoms with Gasteiger partial charge in [-0.05, 0) is 61.9 Å². The van der Waals surface area contributed by atoms with Crippen molar-refractivity contribution in [2.45, 2.75) is 58.4 Å². The molecular weight excluding hydrogens is 388 g/mol. The van der Waals surface area contributed by atoms with Crippen LogP contribution >= 0.6 is 0 Å². The second kappa shape index (κ2) is 8.58. The van der Waals surface area contributed by atoms with E-state index in [1.807, 2.05) is 31.2 Å². The van der Waals surface area contributed by atoms with Crippen molar-refractivity contribution in [3.63, 3.8) is 0 Å². The Morgan fingerprint density at radius 1 is 1.10 bits per heavy atom. The Labute approximate surface area is 183 Å². The topological polar surface area (TPSA) is 74.3 Å². The molecule has 2 aromatic carbocycles. The zero-order valence-corrected chi connectivity index (χ0v) is 18.5. The summed E-state index contributed by atoms with van der Waals surface area (Å²) < 4.78 is 6.99. The highest BCUT2D eigenvalue weighted by Crippen LogP contribution is 2.45. The maximum absolute atomic E-state index is 12.3. The molecule has 0 bridgehead atoms. The van der Waals surface area contributed by atoms with Gasteiger partial charge < -0.3 is 15.0 Å². The van der Waals surface area contributed by atoms with Crippen molar-refractivity contribution in [1.82, 2.24) is 4.57 Å². The predicted molar refractivity (Wildman–Crippen MR) is 124 cm³/mol. The molecule has 1 aliphatic rings. The quantitative estimate of drug-likeness (QED) is 0.431. The summed E-state index contributed by atoms with van der Waals surface area (Å²) in [5.41, 5.74) is 12.9. The predicted octanol–water partition coefficient (Wildman–Crippen LogP) is 5.62. The molecule has 1 saturated carbocycles. The van der Waals surface area contributed by atoms with Gasteiger partial charge in [-0.2, -0.15) is 0 Å². The molecule has 3 aromatic rings. The number of anilines is 1. The van der Waals surface area contributed by atoms with E-state index >= 15 is 0 Å². The number of esters is 1. The van der Waals surface area contributed by atoms with Crippen LogP contribution in [0.2, 0.25) is 0 Å². The van der Waals surface area contributed by atoms with Crippen molar-refractivity contribution in [2.24, 2.45) is 0 Å². The summed E-state index contributed by atoms with van der Waals surface area (Å²) in [6.07, 6.45) is 5.91. The first-order chi connectivity index (χ1) is 14.9. The van der Waals surface area contributed by atoms with E-state index in [1.165, 1.54) is 31.9 Å². The average molecular weight is 419 g/mol. The number of Topliss-reactive ketones (excluding diaryl/α,β-unsaturated/α-hetero) is 1. The van der Waals surface area contributed by atoms with Gasteiger partial charge in [0.05, 0.1) is 30.4 Å². The number of nitrogen functional groups attached to an aromatic ring is 1. The molecule has 0 amide bonds. The van der Waals surface area contributed by atoms with Crippen molar-refractivity contribution in [3.8, 4) is 11.3 Å². The molecule has 5 nitrogen and oxygen atoms in total. The van der Waals surface area contributed by atoms with Crippen molar-refractivity contribution >= 4 is 28.3 Å². The highest BCUT2D eigenvalue weighted by molar-refractivity contribution is 6.00. The number of nitrogens with zero attached hydrogens (tertiary/aromatic N) is 1. The van der Waals surface area contributed by atoms with Gasteiger partial charge in [0.25, 0.3) is 0 Å². The van der Waals surface area contributed by atoms with Crippen LogP contribution in [-0.2, 0) is 16.1 Å². The smallest absolute Gasteiger partial charge is 0.337 e. The van der Waals surface area contributed by atoms with Gasteiger partial charge in [-0.25, -0.2) is 4.79 Å². The standard InChI is InChI=1S/C26H30N2O3/c1-16-9-11-20(22(27)13-16)25-24(18-7-5-4-6-8-18)21-12-10-19(26(30)31-3)14-23(21)28(25)15-17(2)29/h9-14,18H,4-8,15,27H2,1-3H3. The number of aromatic nitrogens is 1. The van der Waals surface area contributed by atoms with Gasteiger partial charge in [0.2, 0.25) is 0 Å². The second-order valence-corrected chi connectivity index (χ2v) is 8.70. The molecule has 2 N–H and O–H groups in total. The minimum absolute atomic E-state index is 0.0579. The first kappa shape index (κ1) is 21.2. The number of methoxy groups -OCH3 is 1. The molecule has 5 heteroatoms. The van der Waals surface area contributed by atoms with Crippen molar-refractivity contribution in [1.29, 1.82) is 0 Å². The Balaban J connectivity index is 2.07. The summed E-state index contributed by atoms with van der Waals surface area (Å²) in [5.74, 6) is 0.0831. The number of hydrogen-bond acceptors (Lipinski definition) is 4. The van der Waals surface area contributed by atoms with E-state index in [4.69, 9.17) is 10.5 Å². The lowest BCUT2D eigenvalue weighted by molar-refractivity contribution is -0.117. The minimum Gasteiger partial charge on any atom is -0.465 e. The number of benzene rings is 2. The molecule has 0 spiro atoms. The van der Waals surface area contributed by atoms with E-state index in [-0.39, 0.29) is 18.3 Å². The minimum atomic E-state index is -0.381. The number of carbonyl (C=O) groups is 2. The van der Waals surface area contributed by atoms with Crippen LogP contribution in [0.1, 0.15) is 66.4 Å². The Hall–Kier alpha value is -3.08. The molecule has 0 atom stereocenters. The van der Waals surface area contributed by atoms with E-state index in [0.717, 1.165) is 40.6 Å². The van der Waals surface area contributed by atoms with Crippen LogP contribution in [0.15, 0.2) is 36.4 Å². The molecule has 31 heavy (non-hydrogen) atoms. The van der Waals surface area contributed by atoms with Crippen LogP contribution in [0.4, 0.5) is 5.69 Å². The number of fused-ring (bicyclic) bond motifs is 1. The highest BCUT2D eigenvalue weighted by atomic mass is 16.5. The summed E-state index contributed by atoms with van der Waals surface area (Å²) in [7, 11) is 1.38. The third-order valence-corrected chi connectivity index (χ3v) is 6.38. The molecule has 0 radical (unpaired) electrons. The number of carbonyl (C=O) groups excluding carboxylic acids is 2. The molecule has 0 unspecified atom stereocenters. The maximum Gasteiger partial charge on any atom is 0.337 e. The van der Waals surface area contributed by atoms with Crippen molar-refractivity contribution in [2.75, 3.05) is 12.8 Å². The molecular formula is C26H30N2O3. The van der Waals surface area contributed by atoms with Gasteiger partial charge in [-0.3, -0.25) is 4.79 Å². The lowest BCUT2D eigenvalue weighted by Gasteiger charge is -2.24. The van der Waals surface area contributed by atoms with Crippen LogP contribution in [0, 0.1) is 6.92 Å². The van der Waals surface area contributed by atoms with Gasteiger partial charge >= 0.3 is 5.97 Å². The highest BCUT2D eigenvalue weighted by Gasteiger charge is 2.28. The molecule has 0 saturated heterocycles. The fraction of sp³-hybridized carbons (Fsp3) is 0.385. The molecule has 1 heterocycles. The Morgan fingerprint density at radius 2 is 1.84 bits per heavy atom. The van der Waals surface area contributed by atoms with Crippen LogP contribution in [0.25, 0.3) is 22.2 Å². The summed E-state index contributed by atoms with van der Waals surface area (Å²) >= 11 is 0. The molecule has 162 valence electrons. The van der Waals surface area contributed by atoms with E-state index in [0.29, 0.717) is 17.2 Å². The third-order valence-electron chi connectivity index (χ3n) is 6.38. The van der Waals surface area contributed by atoms with Gasteiger partial charge in [0.15, 0.2) is 0 Å². The van der Waals surface area contributed by atoms with Crippen LogP contribution in [-0.4, -0.2) is 23.4 Å². The molecule has 0 aliphatic heterocycles. The maximum atomic E-state index is 12.3. The Bertz CT molecular complexity index is 1150. The lowest BCUT2D eigenvalue weighted by Crippen LogP contribution is -2.11. The number of hydrogen-bond donors (Lipinski definition) is 1. The molecule has 1 aliphatic carbocycles. The summed E-state index contributed by atoms with van der Waals surface area (Å²) in [6.45, 7) is 3.85. The van der Waals surface area contributed by atoms with Crippen LogP contribution in [0.5, 0.6) is 0 Å². The van der Waals surface area contributed by atoms with Crippen LogP contribution < -0.4 is 5.73 Å². The number of aryl methyl sites for hydroxylation is 1. The van der Waals surface area contributed by atoms with Gasteiger partial charge in [-0.15, -0.1) is 0 Å². The first-order valence-electron chi connectivity index (χ1n) is 11.0. The fourth-order valence-corrected chi connectivity index (χ4v) is 5.00. The number of ether oxygens (including phenoxy) is 1. The molecule has 1 fully saturated rings. The van der Waals surface area contributed by atoms with Gasteiger partial charge in [0, 0.05) is 16.6 Å². The zero-order valence-electron chi connectivity index (χ0n) is 18.5. The summed E-state index contributed by atoms with van der Waals surface area (Å²) in [5, 5.41) is 1.09. The normalized spacial score (nSPS) is 14.7. The number of nitrogens with two attached hydrogens (primary N) is 1.